The van der Waals surface area contributed by atoms with Crippen LogP contribution in [0, 0.1) is 11.3 Å². The number of nitriles is 1. The maximum absolute atomic E-state index is 12.2. The third-order valence-corrected chi connectivity index (χ3v) is 3.98. The van der Waals surface area contributed by atoms with E-state index in [1.54, 1.807) is 22.9 Å². The molecule has 2 N–H and O–H groups in total. The Morgan fingerprint density at radius 1 is 1.43 bits per heavy atom. The van der Waals surface area contributed by atoms with Crippen molar-refractivity contribution < 1.29 is 0 Å². The lowest BCUT2D eigenvalue weighted by atomic mass is 9.91. The zero-order valence-corrected chi connectivity index (χ0v) is 11.6. The van der Waals surface area contributed by atoms with Crippen LogP contribution in [0.4, 0.5) is 0 Å². The molecule has 5 heteroatoms. The molecule has 1 aliphatic rings. The van der Waals surface area contributed by atoms with Gasteiger partial charge in [-0.3, -0.25) is 4.79 Å². The largest absolute Gasteiger partial charge is 0.324 e. The Hall–Kier alpha value is -2.45. The number of fused-ring (bicyclic) bond motifs is 1. The second kappa shape index (κ2) is 5.51. The molecule has 2 heterocycles. The Bertz CT molecular complexity index is 773. The normalized spacial score (nSPS) is 17.0. The van der Waals surface area contributed by atoms with Gasteiger partial charge >= 0.3 is 0 Å². The SMILES string of the molecule is N#Cc1ncccc1Cn1c2c(ccc1=O)C(N)CCC2. The van der Waals surface area contributed by atoms with Gasteiger partial charge in [-0.25, -0.2) is 4.98 Å². The number of aromatic nitrogens is 2. The molecule has 1 unspecified atom stereocenters. The van der Waals surface area contributed by atoms with E-state index in [4.69, 9.17) is 11.0 Å². The van der Waals surface area contributed by atoms with Crippen LogP contribution in [0.1, 0.15) is 41.4 Å². The van der Waals surface area contributed by atoms with Crippen molar-refractivity contribution in [1.29, 1.82) is 5.26 Å². The minimum Gasteiger partial charge on any atom is -0.324 e. The fourth-order valence-corrected chi connectivity index (χ4v) is 2.91. The molecule has 0 amide bonds. The van der Waals surface area contributed by atoms with Crippen molar-refractivity contribution in [3.05, 3.63) is 63.3 Å². The second-order valence-corrected chi connectivity index (χ2v) is 5.28. The number of pyridine rings is 2. The average molecular weight is 280 g/mol. The first-order chi connectivity index (χ1) is 10.2. The van der Waals surface area contributed by atoms with E-state index in [1.807, 2.05) is 12.1 Å². The van der Waals surface area contributed by atoms with Gasteiger partial charge in [0.05, 0.1) is 6.54 Å². The summed E-state index contributed by atoms with van der Waals surface area (Å²) in [7, 11) is 0. The summed E-state index contributed by atoms with van der Waals surface area (Å²) in [4.78, 5) is 16.3. The quantitative estimate of drug-likeness (QED) is 0.903. The monoisotopic (exact) mass is 280 g/mol. The van der Waals surface area contributed by atoms with Crippen molar-refractivity contribution in [2.24, 2.45) is 5.73 Å². The third-order valence-electron chi connectivity index (χ3n) is 3.98. The fraction of sp³-hybridized carbons (Fsp3) is 0.312. The summed E-state index contributed by atoms with van der Waals surface area (Å²) in [5.74, 6) is 0. The third kappa shape index (κ3) is 2.46. The molecular weight excluding hydrogens is 264 g/mol. The highest BCUT2D eigenvalue weighted by Crippen LogP contribution is 2.27. The van der Waals surface area contributed by atoms with E-state index >= 15 is 0 Å². The molecule has 0 fully saturated rings. The minimum absolute atomic E-state index is 0.00932. The summed E-state index contributed by atoms with van der Waals surface area (Å²) >= 11 is 0. The van der Waals surface area contributed by atoms with Gasteiger partial charge in [-0.15, -0.1) is 0 Å². The highest BCUT2D eigenvalue weighted by molar-refractivity contribution is 5.33. The Morgan fingerprint density at radius 3 is 3.10 bits per heavy atom. The van der Waals surface area contributed by atoms with Crippen molar-refractivity contribution in [2.75, 3.05) is 0 Å². The number of hydrogen-bond donors (Lipinski definition) is 1. The molecule has 0 spiro atoms. The second-order valence-electron chi connectivity index (χ2n) is 5.28. The van der Waals surface area contributed by atoms with Crippen molar-refractivity contribution in [1.82, 2.24) is 9.55 Å². The van der Waals surface area contributed by atoms with Crippen molar-refractivity contribution >= 4 is 0 Å². The summed E-state index contributed by atoms with van der Waals surface area (Å²) in [6.07, 6.45) is 4.36. The summed E-state index contributed by atoms with van der Waals surface area (Å²) in [5.41, 5.74) is 9.24. The van der Waals surface area contributed by atoms with Crippen LogP contribution >= 0.6 is 0 Å². The smallest absolute Gasteiger partial charge is 0.251 e. The van der Waals surface area contributed by atoms with Gasteiger partial charge in [-0.1, -0.05) is 12.1 Å². The standard InChI is InChI=1S/C16H16N4O/c17-9-14-11(3-2-8-19-14)10-20-15-5-1-4-13(18)12(15)6-7-16(20)21/h2-3,6-8,13H,1,4-5,10,18H2. The molecular formula is C16H16N4O. The van der Waals surface area contributed by atoms with Crippen molar-refractivity contribution in [2.45, 2.75) is 31.8 Å². The van der Waals surface area contributed by atoms with Gasteiger partial charge in [0.1, 0.15) is 11.8 Å². The lowest BCUT2D eigenvalue weighted by molar-refractivity contribution is 0.529. The molecule has 5 nitrogen and oxygen atoms in total. The molecule has 3 rings (SSSR count). The maximum atomic E-state index is 12.2. The minimum atomic E-state index is -0.0596. The fourth-order valence-electron chi connectivity index (χ4n) is 2.91. The molecule has 0 aromatic carbocycles. The number of nitrogens with two attached hydrogens (primary N) is 1. The van der Waals surface area contributed by atoms with Crippen LogP contribution in [0.25, 0.3) is 0 Å². The van der Waals surface area contributed by atoms with E-state index in [9.17, 15) is 4.79 Å². The van der Waals surface area contributed by atoms with E-state index in [1.165, 1.54) is 0 Å². The number of hydrogen-bond acceptors (Lipinski definition) is 4. The van der Waals surface area contributed by atoms with Crippen molar-refractivity contribution in [3.63, 3.8) is 0 Å². The first-order valence-corrected chi connectivity index (χ1v) is 7.03. The van der Waals surface area contributed by atoms with Gasteiger partial charge in [0.15, 0.2) is 0 Å². The van der Waals surface area contributed by atoms with Crippen molar-refractivity contribution in [3.8, 4) is 6.07 Å². The van der Waals surface area contributed by atoms with Crippen LogP contribution in [0.5, 0.6) is 0 Å². The van der Waals surface area contributed by atoms with Gasteiger partial charge < -0.3 is 10.3 Å². The first kappa shape index (κ1) is 13.5. The van der Waals surface area contributed by atoms with E-state index in [0.717, 1.165) is 36.1 Å². The molecule has 2 aromatic heterocycles. The highest BCUT2D eigenvalue weighted by atomic mass is 16.1. The first-order valence-electron chi connectivity index (χ1n) is 7.03. The van der Waals surface area contributed by atoms with Gasteiger partial charge in [0.25, 0.3) is 5.56 Å². The predicted octanol–water partition coefficient (Wildman–Crippen LogP) is 1.50. The Labute approximate surface area is 122 Å². The summed E-state index contributed by atoms with van der Waals surface area (Å²) < 4.78 is 1.73. The lowest BCUT2D eigenvalue weighted by Crippen LogP contribution is -2.29. The highest BCUT2D eigenvalue weighted by Gasteiger charge is 2.20. The molecule has 0 bridgehead atoms. The molecule has 2 aromatic rings. The van der Waals surface area contributed by atoms with Gasteiger partial charge in [-0.05, 0) is 30.9 Å². The average Bonchev–Trinajstić information content (AvgIpc) is 2.51. The number of rotatable bonds is 2. The Morgan fingerprint density at radius 2 is 2.29 bits per heavy atom. The molecule has 1 aliphatic carbocycles. The molecule has 1 atom stereocenters. The maximum Gasteiger partial charge on any atom is 0.251 e. The molecule has 0 saturated carbocycles. The summed E-state index contributed by atoms with van der Waals surface area (Å²) in [6.45, 7) is 0.367. The van der Waals surface area contributed by atoms with E-state index in [0.29, 0.717) is 12.2 Å². The predicted molar refractivity (Wildman–Crippen MR) is 78.6 cm³/mol. The van der Waals surface area contributed by atoms with Crippen LogP contribution < -0.4 is 11.3 Å². The van der Waals surface area contributed by atoms with Crippen LogP contribution in [0.3, 0.4) is 0 Å². The summed E-state index contributed by atoms with van der Waals surface area (Å²) in [5, 5.41) is 9.13. The van der Waals surface area contributed by atoms with E-state index in [-0.39, 0.29) is 11.6 Å². The summed E-state index contributed by atoms with van der Waals surface area (Å²) in [6, 6.07) is 9.08. The number of nitrogens with zero attached hydrogens (tertiary/aromatic N) is 3. The van der Waals surface area contributed by atoms with E-state index < -0.39 is 0 Å². The Balaban J connectivity index is 2.09. The molecule has 0 aliphatic heterocycles. The molecule has 0 saturated heterocycles. The zero-order chi connectivity index (χ0) is 14.8. The van der Waals surface area contributed by atoms with Crippen LogP contribution in [-0.4, -0.2) is 9.55 Å². The topological polar surface area (TPSA) is 84.7 Å². The van der Waals surface area contributed by atoms with Gasteiger partial charge in [0, 0.05) is 29.6 Å². The van der Waals surface area contributed by atoms with Gasteiger partial charge in [-0.2, -0.15) is 5.26 Å². The molecule has 21 heavy (non-hydrogen) atoms. The van der Waals surface area contributed by atoms with Crippen LogP contribution in [-0.2, 0) is 13.0 Å². The van der Waals surface area contributed by atoms with Crippen LogP contribution in [0.15, 0.2) is 35.3 Å². The van der Waals surface area contributed by atoms with Gasteiger partial charge in [0.2, 0.25) is 0 Å². The zero-order valence-electron chi connectivity index (χ0n) is 11.6. The molecule has 106 valence electrons. The molecule has 0 radical (unpaired) electrons. The lowest BCUT2D eigenvalue weighted by Gasteiger charge is -2.25. The van der Waals surface area contributed by atoms with Crippen LogP contribution in [0.2, 0.25) is 0 Å². The van der Waals surface area contributed by atoms with E-state index in [2.05, 4.69) is 11.1 Å². The Kier molecular flexibility index (Phi) is 3.55.